The fourth-order valence-corrected chi connectivity index (χ4v) is 9.54. The lowest BCUT2D eigenvalue weighted by Gasteiger charge is -2.37. The fourth-order valence-electron chi connectivity index (χ4n) is 8.26. The van der Waals surface area contributed by atoms with Crippen LogP contribution in [0.4, 0.5) is 18.0 Å². The molecule has 1 spiro atoms. The van der Waals surface area contributed by atoms with E-state index in [9.17, 15) is 40.8 Å². The second-order valence-electron chi connectivity index (χ2n) is 18.1. The van der Waals surface area contributed by atoms with Crippen LogP contribution >= 0.6 is 0 Å². The number of benzene rings is 1. The fraction of sp³-hybridized carbons (Fsp3) is 0.659. The van der Waals surface area contributed by atoms with Gasteiger partial charge >= 0.3 is 12.3 Å². The maximum atomic E-state index is 14.9. The highest BCUT2D eigenvalue weighted by Gasteiger charge is 2.56. The van der Waals surface area contributed by atoms with E-state index in [4.69, 9.17) is 19.3 Å². The summed E-state index contributed by atoms with van der Waals surface area (Å²) in [5, 5.41) is 17.8. The zero-order valence-corrected chi connectivity index (χ0v) is 37.8. The van der Waals surface area contributed by atoms with Crippen LogP contribution in [0.25, 0.3) is 10.9 Å². The minimum atomic E-state index is -4.97. The van der Waals surface area contributed by atoms with Gasteiger partial charge in [0.15, 0.2) is 11.4 Å². The topological polar surface area (TPSA) is 215 Å². The van der Waals surface area contributed by atoms with E-state index in [1.54, 1.807) is 26.0 Å². The number of allylic oxidation sites excluding steroid dienone is 1. The van der Waals surface area contributed by atoms with Gasteiger partial charge in [-0.2, -0.15) is 13.2 Å². The molecule has 6 rings (SSSR count). The zero-order valence-electron chi connectivity index (χ0n) is 37.0. The van der Waals surface area contributed by atoms with Gasteiger partial charge in [0, 0.05) is 36.4 Å². The summed E-state index contributed by atoms with van der Waals surface area (Å²) in [5.74, 6) is -3.47. The minimum Gasteiger partial charge on any atom is -0.492 e. The van der Waals surface area contributed by atoms with Gasteiger partial charge in [0.2, 0.25) is 21.8 Å². The smallest absolute Gasteiger partial charge is 0.437 e. The lowest BCUT2D eigenvalue weighted by molar-refractivity contribution is -0.144. The Hall–Kier alpha value is -4.69. The molecule has 0 radical (unpaired) electrons. The van der Waals surface area contributed by atoms with Gasteiger partial charge in [0.25, 0.3) is 5.91 Å². The van der Waals surface area contributed by atoms with Gasteiger partial charge in [-0.15, -0.1) is 0 Å². The first-order valence-corrected chi connectivity index (χ1v) is 23.6. The number of rotatable bonds is 12. The molecule has 64 heavy (non-hydrogen) atoms. The predicted octanol–water partition coefficient (Wildman–Crippen LogP) is 4.66. The van der Waals surface area contributed by atoms with Crippen LogP contribution in [0.15, 0.2) is 30.4 Å². The Balaban J connectivity index is 1.38. The molecule has 1 unspecified atom stereocenters. The lowest BCUT2D eigenvalue weighted by Crippen LogP contribution is -2.58. The molecule has 20 heteroatoms. The number of hydrogen-bond acceptors (Lipinski definition) is 12. The summed E-state index contributed by atoms with van der Waals surface area (Å²) in [5.41, 5.74) is -2.57. The number of ether oxygens (including phenoxy) is 3. The van der Waals surface area contributed by atoms with Crippen LogP contribution in [-0.2, 0) is 41.7 Å². The molecule has 1 saturated carbocycles. The molecule has 4 heterocycles. The molecule has 1 aliphatic carbocycles. The Kier molecular flexibility index (Phi) is 15.1. The number of carbonyl (C=O) groups excluding carboxylic acids is 4. The maximum Gasteiger partial charge on any atom is 0.437 e. The number of alkyl halides is 3. The maximum absolute atomic E-state index is 14.9. The van der Waals surface area contributed by atoms with E-state index in [-0.39, 0.29) is 62.4 Å². The molecule has 1 aromatic heterocycles. The number of halogens is 3. The normalized spacial score (nSPS) is 26.1. The molecule has 16 nitrogen and oxygen atoms in total. The summed E-state index contributed by atoms with van der Waals surface area (Å²) < 4.78 is 90.0. The van der Waals surface area contributed by atoms with Crippen molar-refractivity contribution in [1.82, 2.24) is 30.6 Å². The molecule has 354 valence electrons. The molecular weight excluding hydrogens is 862 g/mol. The quantitative estimate of drug-likeness (QED) is 0.145. The number of sulfonamides is 1. The standard InChI is InChI=1S/C44H61F3N6O10S/c1-26(2)28(4)62-41(58)50-33-12-10-8-6-7-9-11-27(3)35(39(56)52-64(59,60)42(5)17-18-42)51-38(55)34-24-43(25-53(34)40(33)57)16-15-30-31-23-29(61-22-20-48-19-21-54)13-14-32(31)49-37(36(30)63-43)44(45,46)47/h9,11,13-14,23,26-28,33-35,48,54H,6-8,10,12,15-22,24-25H2,1-5H3,(H,50,58)(H,51,55)(H,52,56)/b11-9-/t27-,28-,33-,34-,35?,43+/m0/s1. The number of aliphatic hydroxyl groups excluding tert-OH is 1. The first-order valence-electron chi connectivity index (χ1n) is 22.2. The number of pyridine rings is 1. The van der Waals surface area contributed by atoms with Crippen molar-refractivity contribution in [3.05, 3.63) is 41.6 Å². The zero-order chi connectivity index (χ0) is 46.6. The number of alkyl carbamates (subject to hydrolysis) is 1. The lowest BCUT2D eigenvalue weighted by atomic mass is 9.87. The summed E-state index contributed by atoms with van der Waals surface area (Å²) in [6.45, 7) is 9.17. The van der Waals surface area contributed by atoms with Crippen LogP contribution < -0.4 is 30.1 Å². The monoisotopic (exact) mass is 922 g/mol. The Morgan fingerprint density at radius 3 is 2.55 bits per heavy atom. The summed E-state index contributed by atoms with van der Waals surface area (Å²) in [4.78, 5) is 61.8. The van der Waals surface area contributed by atoms with Crippen LogP contribution in [0.3, 0.4) is 0 Å². The molecule has 5 N–H and O–H groups in total. The number of amides is 4. The van der Waals surface area contributed by atoms with E-state index < -0.39 is 92.0 Å². The van der Waals surface area contributed by atoms with Crippen molar-refractivity contribution in [3.63, 3.8) is 0 Å². The largest absolute Gasteiger partial charge is 0.492 e. The highest BCUT2D eigenvalue weighted by molar-refractivity contribution is 7.91. The molecule has 6 atom stereocenters. The van der Waals surface area contributed by atoms with Crippen molar-refractivity contribution in [2.24, 2.45) is 11.8 Å². The number of aromatic nitrogens is 1. The number of aryl methyl sites for hydroxylation is 1. The number of aliphatic hydroxyl groups is 1. The number of hydrogen-bond donors (Lipinski definition) is 5. The van der Waals surface area contributed by atoms with Gasteiger partial charge < -0.3 is 40.2 Å². The SMILES string of the molecule is CC(C)[C@H](C)OC(=O)N[C@H]1CCCCC/C=C\[C@H](C)C(C(=O)NS(=O)(=O)C2(C)CC2)NC(=O)[C@@H]2C[C@]3(CCc4c(c(C(F)(F)F)nc5ccc(OCCNCCO)cc45)O3)CN2C1=O. The Labute approximate surface area is 371 Å². The molecule has 0 bridgehead atoms. The number of nitrogens with zero attached hydrogens (tertiary/aromatic N) is 2. The summed E-state index contributed by atoms with van der Waals surface area (Å²) in [6.07, 6.45) is 0.258. The molecule has 1 saturated heterocycles. The highest BCUT2D eigenvalue weighted by Crippen LogP contribution is 2.49. The van der Waals surface area contributed by atoms with Gasteiger partial charge in [0.1, 0.15) is 42.2 Å². The molecule has 2 fully saturated rings. The summed E-state index contributed by atoms with van der Waals surface area (Å²) in [7, 11) is -4.12. The average Bonchev–Trinajstić information content (AvgIpc) is 3.90. The van der Waals surface area contributed by atoms with E-state index in [2.05, 4.69) is 25.7 Å². The molecule has 1 aromatic carbocycles. The van der Waals surface area contributed by atoms with E-state index in [1.165, 1.54) is 24.0 Å². The number of fused-ring (bicyclic) bond motifs is 4. The Bertz CT molecular complexity index is 2200. The molecule has 2 aromatic rings. The molecule has 4 aliphatic rings. The van der Waals surface area contributed by atoms with E-state index in [1.807, 2.05) is 19.9 Å². The van der Waals surface area contributed by atoms with Gasteiger partial charge in [-0.3, -0.25) is 19.1 Å². The summed E-state index contributed by atoms with van der Waals surface area (Å²) >= 11 is 0. The first kappa shape index (κ1) is 48.8. The van der Waals surface area contributed by atoms with Crippen LogP contribution in [0, 0.1) is 11.8 Å². The van der Waals surface area contributed by atoms with Crippen LogP contribution in [0.1, 0.15) is 104 Å². The van der Waals surface area contributed by atoms with E-state index in [0.717, 1.165) is 0 Å². The van der Waals surface area contributed by atoms with Crippen molar-refractivity contribution in [3.8, 4) is 11.5 Å². The third-order valence-electron chi connectivity index (χ3n) is 12.8. The van der Waals surface area contributed by atoms with Crippen LogP contribution in [0.2, 0.25) is 0 Å². The van der Waals surface area contributed by atoms with Crippen molar-refractivity contribution in [2.45, 2.75) is 140 Å². The molecule has 4 amide bonds. The second kappa shape index (κ2) is 19.8. The predicted molar refractivity (Wildman–Crippen MR) is 230 cm³/mol. The number of nitrogens with one attached hydrogen (secondary N) is 4. The minimum absolute atomic E-state index is 0.0277. The Morgan fingerprint density at radius 1 is 1.11 bits per heavy atom. The third-order valence-corrected chi connectivity index (χ3v) is 15.0. The van der Waals surface area contributed by atoms with Gasteiger partial charge in [-0.1, -0.05) is 45.8 Å². The average molecular weight is 923 g/mol. The Morgan fingerprint density at radius 2 is 1.86 bits per heavy atom. The van der Waals surface area contributed by atoms with E-state index >= 15 is 0 Å². The van der Waals surface area contributed by atoms with Crippen molar-refractivity contribution in [2.75, 3.05) is 32.8 Å². The van der Waals surface area contributed by atoms with Crippen LogP contribution in [0.5, 0.6) is 11.5 Å². The molecular formula is C44H61F3N6O10S. The molecule has 3 aliphatic heterocycles. The first-order chi connectivity index (χ1) is 30.2. The van der Waals surface area contributed by atoms with Crippen molar-refractivity contribution >= 4 is 44.7 Å². The third kappa shape index (κ3) is 11.2. The van der Waals surface area contributed by atoms with Crippen LogP contribution in [-0.4, -0.2) is 115 Å². The number of carbonyl (C=O) groups is 4. The van der Waals surface area contributed by atoms with Gasteiger partial charge in [0.05, 0.1) is 23.4 Å². The van der Waals surface area contributed by atoms with E-state index in [0.29, 0.717) is 62.8 Å². The summed E-state index contributed by atoms with van der Waals surface area (Å²) in [6, 6.07) is 0.472. The highest BCUT2D eigenvalue weighted by atomic mass is 32.2. The second-order valence-corrected chi connectivity index (χ2v) is 20.3. The van der Waals surface area contributed by atoms with Gasteiger partial charge in [-0.05, 0) is 82.9 Å². The van der Waals surface area contributed by atoms with Crippen molar-refractivity contribution in [1.29, 1.82) is 0 Å². The van der Waals surface area contributed by atoms with Gasteiger partial charge in [-0.25, -0.2) is 18.2 Å². The van der Waals surface area contributed by atoms with Crippen molar-refractivity contribution < 1.29 is 60.1 Å².